The summed E-state index contributed by atoms with van der Waals surface area (Å²) in [5.74, 6) is -0.939. The van der Waals surface area contributed by atoms with Gasteiger partial charge in [0.05, 0.1) is 5.57 Å². The highest BCUT2D eigenvalue weighted by Gasteiger charge is 2.40. The minimum Gasteiger partial charge on any atom is -0.478 e. The van der Waals surface area contributed by atoms with E-state index in [-0.39, 0.29) is 6.42 Å². The molecule has 4 heteroatoms. The third-order valence-corrected chi connectivity index (χ3v) is 4.60. The molecule has 0 atom stereocenters. The van der Waals surface area contributed by atoms with Crippen LogP contribution in [0, 0.1) is 11.8 Å². The lowest BCUT2D eigenvalue weighted by molar-refractivity contribution is -0.134. The minimum atomic E-state index is -0.955. The Kier molecular flexibility index (Phi) is 2.81. The number of hydrogen-bond acceptors (Lipinski definition) is 2. The predicted octanol–water partition coefficient (Wildman–Crippen LogP) is 2.53. The van der Waals surface area contributed by atoms with Crippen molar-refractivity contribution in [3.8, 4) is 0 Å². The zero-order valence-electron chi connectivity index (χ0n) is 10.6. The molecule has 0 aromatic rings. The van der Waals surface area contributed by atoms with E-state index >= 15 is 0 Å². The van der Waals surface area contributed by atoms with Gasteiger partial charge in [0.2, 0.25) is 0 Å². The average molecular weight is 260 g/mol. The molecule has 3 aliphatic carbocycles. The molecule has 2 fully saturated rings. The Morgan fingerprint density at radius 2 is 1.53 bits per heavy atom. The summed E-state index contributed by atoms with van der Waals surface area (Å²) in [6.07, 6.45) is 7.65. The maximum absolute atomic E-state index is 11.4. The van der Waals surface area contributed by atoms with Gasteiger partial charge in [-0.25, -0.2) is 9.59 Å². The van der Waals surface area contributed by atoms with Gasteiger partial charge in [-0.15, -0.1) is 0 Å². The first-order valence-electron chi connectivity index (χ1n) is 6.68. The highest BCUT2D eigenvalue weighted by atomic mass is 16.4. The molecule has 19 heavy (non-hydrogen) atoms. The predicted molar refractivity (Wildman–Crippen MR) is 68.5 cm³/mol. The van der Waals surface area contributed by atoms with Gasteiger partial charge in [0.25, 0.3) is 0 Å². The van der Waals surface area contributed by atoms with Gasteiger partial charge in [-0.2, -0.15) is 0 Å². The minimum absolute atomic E-state index is 0.260. The number of hydrogen-bond donors (Lipinski definition) is 2. The zero-order valence-corrected chi connectivity index (χ0v) is 10.6. The van der Waals surface area contributed by atoms with Gasteiger partial charge in [0.15, 0.2) is 0 Å². The second-order valence-electron chi connectivity index (χ2n) is 5.54. The number of carboxylic acid groups (broad SMARTS) is 2. The smallest absolute Gasteiger partial charge is 0.335 e. The maximum atomic E-state index is 11.4. The summed E-state index contributed by atoms with van der Waals surface area (Å²) in [6.45, 7) is 0. The Morgan fingerprint density at radius 1 is 0.947 bits per heavy atom. The summed E-state index contributed by atoms with van der Waals surface area (Å²) in [6, 6.07) is 0. The molecule has 0 aromatic heterocycles. The van der Waals surface area contributed by atoms with E-state index in [1.807, 2.05) is 0 Å². The van der Waals surface area contributed by atoms with Crippen molar-refractivity contribution in [1.82, 2.24) is 0 Å². The largest absolute Gasteiger partial charge is 0.478 e. The lowest BCUT2D eigenvalue weighted by Crippen LogP contribution is -2.14. The quantitative estimate of drug-likeness (QED) is 0.800. The first-order valence-corrected chi connectivity index (χ1v) is 6.68. The van der Waals surface area contributed by atoms with Crippen LogP contribution < -0.4 is 0 Å². The maximum Gasteiger partial charge on any atom is 0.335 e. The second kappa shape index (κ2) is 4.37. The Balaban J connectivity index is 2.07. The molecule has 3 aliphatic rings. The standard InChI is InChI=1S/C15H16O4/c16-14(17)10-5-6-11(15(18)19)12(7-10)13-8-1-2-9(13)4-3-8/h5-6,8-9H,1-4,7H2,(H,16,17)(H,18,19). The Bertz CT molecular complexity index is 528. The fourth-order valence-electron chi connectivity index (χ4n) is 3.78. The van der Waals surface area contributed by atoms with Crippen LogP contribution in [0.1, 0.15) is 32.1 Å². The molecule has 100 valence electrons. The van der Waals surface area contributed by atoms with E-state index in [0.29, 0.717) is 23.0 Å². The van der Waals surface area contributed by atoms with Crippen LogP contribution in [0.5, 0.6) is 0 Å². The van der Waals surface area contributed by atoms with Crippen molar-refractivity contribution in [3.05, 3.63) is 34.4 Å². The lowest BCUT2D eigenvalue weighted by Gasteiger charge is -2.19. The van der Waals surface area contributed by atoms with Crippen molar-refractivity contribution in [2.75, 3.05) is 0 Å². The number of carboxylic acids is 2. The van der Waals surface area contributed by atoms with Crippen LogP contribution in [0.3, 0.4) is 0 Å². The number of carbonyl (C=O) groups is 2. The highest BCUT2D eigenvalue weighted by molar-refractivity contribution is 5.96. The molecule has 0 spiro atoms. The van der Waals surface area contributed by atoms with Gasteiger partial charge in [0, 0.05) is 12.0 Å². The van der Waals surface area contributed by atoms with Crippen molar-refractivity contribution < 1.29 is 19.8 Å². The van der Waals surface area contributed by atoms with Gasteiger partial charge in [0.1, 0.15) is 0 Å². The van der Waals surface area contributed by atoms with E-state index in [1.165, 1.54) is 17.7 Å². The van der Waals surface area contributed by atoms with E-state index in [0.717, 1.165) is 31.3 Å². The Labute approximate surface area is 111 Å². The van der Waals surface area contributed by atoms with Gasteiger partial charge in [-0.3, -0.25) is 0 Å². The molecule has 2 saturated carbocycles. The van der Waals surface area contributed by atoms with E-state index < -0.39 is 11.9 Å². The van der Waals surface area contributed by atoms with E-state index in [9.17, 15) is 14.7 Å². The van der Waals surface area contributed by atoms with Crippen LogP contribution in [0.15, 0.2) is 34.4 Å². The van der Waals surface area contributed by atoms with Gasteiger partial charge in [-0.1, -0.05) is 11.6 Å². The van der Waals surface area contributed by atoms with Crippen molar-refractivity contribution in [2.45, 2.75) is 32.1 Å². The molecule has 0 saturated heterocycles. The normalized spacial score (nSPS) is 29.3. The summed E-state index contributed by atoms with van der Waals surface area (Å²) in [4.78, 5) is 22.5. The zero-order chi connectivity index (χ0) is 13.6. The summed E-state index contributed by atoms with van der Waals surface area (Å²) in [5, 5.41) is 18.4. The van der Waals surface area contributed by atoms with Crippen LogP contribution >= 0.6 is 0 Å². The molecule has 3 rings (SSSR count). The van der Waals surface area contributed by atoms with Crippen LogP contribution in [0.4, 0.5) is 0 Å². The summed E-state index contributed by atoms with van der Waals surface area (Å²) in [5.41, 5.74) is 2.59. The van der Waals surface area contributed by atoms with Crippen LogP contribution in [-0.4, -0.2) is 22.2 Å². The van der Waals surface area contributed by atoms with Gasteiger partial charge in [-0.05, 0) is 49.2 Å². The molecule has 0 radical (unpaired) electrons. The summed E-state index contributed by atoms with van der Waals surface area (Å²) in [7, 11) is 0. The third-order valence-electron chi connectivity index (χ3n) is 4.60. The SMILES string of the molecule is O=C(O)C1=CC=C(C(=O)O)C(=C2C3CCC2CC3)C1. The summed E-state index contributed by atoms with van der Waals surface area (Å²) < 4.78 is 0. The average Bonchev–Trinajstić information content (AvgIpc) is 2.97. The van der Waals surface area contributed by atoms with Crippen LogP contribution in [0.25, 0.3) is 0 Å². The molecule has 0 amide bonds. The van der Waals surface area contributed by atoms with Crippen molar-refractivity contribution >= 4 is 11.9 Å². The number of rotatable bonds is 2. The Morgan fingerprint density at radius 3 is 2.00 bits per heavy atom. The first-order chi connectivity index (χ1) is 9.08. The molecule has 2 bridgehead atoms. The number of aliphatic carboxylic acids is 2. The first kappa shape index (κ1) is 12.2. The van der Waals surface area contributed by atoms with E-state index in [2.05, 4.69) is 0 Å². The molecule has 2 N–H and O–H groups in total. The van der Waals surface area contributed by atoms with Gasteiger partial charge < -0.3 is 10.2 Å². The third kappa shape index (κ3) is 1.91. The molecule has 0 aliphatic heterocycles. The second-order valence-corrected chi connectivity index (χ2v) is 5.54. The monoisotopic (exact) mass is 260 g/mol. The van der Waals surface area contributed by atoms with E-state index in [1.54, 1.807) is 0 Å². The van der Waals surface area contributed by atoms with Crippen molar-refractivity contribution in [3.63, 3.8) is 0 Å². The van der Waals surface area contributed by atoms with Crippen LogP contribution in [0.2, 0.25) is 0 Å². The van der Waals surface area contributed by atoms with Crippen LogP contribution in [-0.2, 0) is 9.59 Å². The topological polar surface area (TPSA) is 74.6 Å². The molecular formula is C15H16O4. The molecule has 4 nitrogen and oxygen atoms in total. The fraction of sp³-hybridized carbons (Fsp3) is 0.467. The van der Waals surface area contributed by atoms with E-state index in [4.69, 9.17) is 5.11 Å². The number of allylic oxidation sites excluding steroid dienone is 3. The van der Waals surface area contributed by atoms with Crippen molar-refractivity contribution in [2.24, 2.45) is 11.8 Å². The fourth-order valence-corrected chi connectivity index (χ4v) is 3.78. The highest BCUT2D eigenvalue weighted by Crippen LogP contribution is 2.52. The Hall–Kier alpha value is -1.84. The molecule has 0 aromatic carbocycles. The molecular weight excluding hydrogens is 244 g/mol. The van der Waals surface area contributed by atoms with Gasteiger partial charge >= 0.3 is 11.9 Å². The molecule has 0 heterocycles. The summed E-state index contributed by atoms with van der Waals surface area (Å²) >= 11 is 0. The lowest BCUT2D eigenvalue weighted by atomic mass is 9.85. The van der Waals surface area contributed by atoms with Crippen molar-refractivity contribution in [1.29, 1.82) is 0 Å². The molecule has 0 unspecified atom stereocenters. The number of fused-ring (bicyclic) bond motifs is 2.